The Balaban J connectivity index is 0.950. The van der Waals surface area contributed by atoms with E-state index >= 15 is 0 Å². The zero-order valence-corrected chi connectivity index (χ0v) is 29.1. The number of fused-ring (bicyclic) bond motifs is 4. The molecule has 0 bridgehead atoms. The van der Waals surface area contributed by atoms with Gasteiger partial charge in [0.2, 0.25) is 0 Å². The fourth-order valence-corrected chi connectivity index (χ4v) is 6.71. The van der Waals surface area contributed by atoms with Crippen molar-refractivity contribution in [1.82, 2.24) is 20.2 Å². The second-order valence-electron chi connectivity index (χ2n) is 13.1. The molecule has 1 aliphatic rings. The number of benzene rings is 4. The molecule has 0 saturated heterocycles. The smallest absolute Gasteiger partial charge is 0.407 e. The number of nitrogens with zero attached hydrogens (tertiary/aromatic N) is 1. The van der Waals surface area contributed by atoms with E-state index in [0.29, 0.717) is 48.2 Å². The molecule has 0 aliphatic heterocycles. The molecular weight excluding hydrogens is 660 g/mol. The Hall–Kier alpha value is -6.04. The van der Waals surface area contributed by atoms with Crippen molar-refractivity contribution in [3.63, 3.8) is 0 Å². The maximum atomic E-state index is 12.8. The zero-order valence-electron chi connectivity index (χ0n) is 29.1. The van der Waals surface area contributed by atoms with Crippen molar-refractivity contribution in [2.75, 3.05) is 30.7 Å². The minimum absolute atomic E-state index is 0.0909. The molecule has 12 nitrogen and oxygen atoms in total. The van der Waals surface area contributed by atoms with E-state index < -0.39 is 18.1 Å². The lowest BCUT2D eigenvalue weighted by atomic mass is 9.98. The molecule has 1 aromatic heterocycles. The molecular formula is C40H44N6O6. The van der Waals surface area contributed by atoms with E-state index in [1.54, 1.807) is 28.8 Å². The topological polar surface area (TPSA) is 181 Å². The summed E-state index contributed by atoms with van der Waals surface area (Å²) in [6.45, 7) is 3.65. The van der Waals surface area contributed by atoms with Gasteiger partial charge in [-0.2, -0.15) is 0 Å². The number of nitrogens with one attached hydrogen (secondary N) is 4. The molecule has 7 N–H and O–H groups in total. The van der Waals surface area contributed by atoms with Crippen LogP contribution in [-0.4, -0.2) is 58.4 Å². The van der Waals surface area contributed by atoms with Crippen molar-refractivity contribution < 1.29 is 24.2 Å². The molecule has 5 aromatic rings. The summed E-state index contributed by atoms with van der Waals surface area (Å²) in [5.41, 5.74) is 14.2. The van der Waals surface area contributed by atoms with Crippen LogP contribution in [0.5, 0.6) is 0 Å². The number of aliphatic carboxylic acids is 1. The number of ether oxygens (including phenoxy) is 1. The third kappa shape index (κ3) is 8.12. The van der Waals surface area contributed by atoms with E-state index in [2.05, 4.69) is 27.9 Å². The molecule has 270 valence electrons. The number of H-pyrrole nitrogens is 1. The van der Waals surface area contributed by atoms with E-state index in [4.69, 9.17) is 10.5 Å². The van der Waals surface area contributed by atoms with E-state index in [-0.39, 0.29) is 30.5 Å². The van der Waals surface area contributed by atoms with Crippen LogP contribution in [0.25, 0.3) is 22.2 Å². The van der Waals surface area contributed by atoms with Gasteiger partial charge in [-0.15, -0.1) is 0 Å². The van der Waals surface area contributed by atoms with Gasteiger partial charge >= 0.3 is 17.8 Å². The Morgan fingerprint density at radius 3 is 2.29 bits per heavy atom. The lowest BCUT2D eigenvalue weighted by molar-refractivity contribution is -0.139. The van der Waals surface area contributed by atoms with Crippen molar-refractivity contribution in [1.29, 1.82) is 0 Å². The minimum atomic E-state index is -1.15. The average molecular weight is 705 g/mol. The molecule has 0 radical (unpaired) electrons. The highest BCUT2D eigenvalue weighted by Crippen LogP contribution is 2.44. The first-order valence-corrected chi connectivity index (χ1v) is 17.7. The number of carboxylic acid groups (broad SMARTS) is 1. The van der Waals surface area contributed by atoms with Gasteiger partial charge in [-0.25, -0.2) is 14.4 Å². The van der Waals surface area contributed by atoms with E-state index in [9.17, 15) is 24.3 Å². The first kappa shape index (κ1) is 35.8. The van der Waals surface area contributed by atoms with Crippen molar-refractivity contribution in [3.05, 3.63) is 118 Å². The maximum Gasteiger partial charge on any atom is 0.407 e. The molecule has 4 aromatic carbocycles. The number of carboxylic acids is 1. The highest BCUT2D eigenvalue weighted by molar-refractivity contribution is 5.94. The fourth-order valence-electron chi connectivity index (χ4n) is 6.71. The van der Waals surface area contributed by atoms with Crippen LogP contribution in [0.4, 0.5) is 16.2 Å². The predicted octanol–water partition coefficient (Wildman–Crippen LogP) is 6.06. The van der Waals surface area contributed by atoms with Crippen LogP contribution in [0.2, 0.25) is 0 Å². The normalized spacial score (nSPS) is 12.6. The highest BCUT2D eigenvalue weighted by atomic mass is 16.5. The maximum absolute atomic E-state index is 12.8. The number of amides is 2. The Morgan fingerprint density at radius 1 is 0.923 bits per heavy atom. The molecule has 1 atom stereocenters. The average Bonchev–Trinajstić information content (AvgIpc) is 3.64. The van der Waals surface area contributed by atoms with Crippen LogP contribution in [-0.2, 0) is 16.1 Å². The Labute approximate surface area is 301 Å². The standard InChI is InChI=1S/C40H44N6O6/c1-2-3-19-42-27-21-33(41)36-35(22-27)46(39(50)45-36)23-25-15-17-26(18-16-25)37(47)43-20-9-8-14-34(38(48)49)44-40(51)52-24-32-30-12-6-4-10-28(30)29-11-5-7-13-31(29)32/h4-7,10-13,15-18,21-22,32,34,42H,2-3,8-9,14,19-20,23-24,41H2,1H3,(H,43,47)(H,44,51)(H,45,50)(H,48,49). The van der Waals surface area contributed by atoms with Crippen molar-refractivity contribution in [2.45, 2.75) is 57.5 Å². The zero-order chi connectivity index (χ0) is 36.6. The number of carbonyl (C=O) groups is 3. The Kier molecular flexibility index (Phi) is 11.2. The second-order valence-corrected chi connectivity index (χ2v) is 13.1. The summed E-state index contributed by atoms with van der Waals surface area (Å²) in [4.78, 5) is 53.0. The number of alkyl carbamates (subject to hydrolysis) is 1. The van der Waals surface area contributed by atoms with Crippen LogP contribution in [0.1, 0.15) is 72.0 Å². The highest BCUT2D eigenvalue weighted by Gasteiger charge is 2.29. The summed E-state index contributed by atoms with van der Waals surface area (Å²) in [7, 11) is 0. The SMILES string of the molecule is CCCCNc1cc(N)c2[nH]c(=O)n(Cc3ccc(C(=O)NCCCCC(NC(=O)OCC4c5ccccc5-c5ccccc54)C(=O)O)cc3)c2c1. The number of unbranched alkanes of at least 4 members (excludes halogenated alkanes) is 2. The van der Waals surface area contributed by atoms with E-state index in [1.165, 1.54) is 0 Å². The number of imidazole rings is 1. The third-order valence-corrected chi connectivity index (χ3v) is 9.47. The first-order valence-electron chi connectivity index (χ1n) is 17.7. The van der Waals surface area contributed by atoms with Crippen LogP contribution in [0.3, 0.4) is 0 Å². The predicted molar refractivity (Wildman–Crippen MR) is 202 cm³/mol. The number of hydrogen-bond acceptors (Lipinski definition) is 7. The van der Waals surface area contributed by atoms with Crippen molar-refractivity contribution in [3.8, 4) is 11.1 Å². The van der Waals surface area contributed by atoms with Crippen LogP contribution < -0.4 is 27.4 Å². The number of nitrogen functional groups attached to an aromatic ring is 1. The van der Waals surface area contributed by atoms with Gasteiger partial charge in [0.1, 0.15) is 12.6 Å². The molecule has 1 heterocycles. The Morgan fingerprint density at radius 2 is 1.62 bits per heavy atom. The molecule has 6 rings (SSSR count). The van der Waals surface area contributed by atoms with Gasteiger partial charge in [-0.3, -0.25) is 9.36 Å². The third-order valence-electron chi connectivity index (χ3n) is 9.47. The lowest BCUT2D eigenvalue weighted by Gasteiger charge is -2.17. The molecule has 2 amide bonds. The summed E-state index contributed by atoms with van der Waals surface area (Å²) in [6, 6.07) is 25.6. The Bertz CT molecular complexity index is 2080. The first-order chi connectivity index (χ1) is 25.2. The van der Waals surface area contributed by atoms with Gasteiger partial charge in [-0.05, 0) is 77.8 Å². The van der Waals surface area contributed by atoms with Crippen molar-refractivity contribution in [2.24, 2.45) is 0 Å². The quantitative estimate of drug-likeness (QED) is 0.0529. The molecule has 1 unspecified atom stereocenters. The summed E-state index contributed by atoms with van der Waals surface area (Å²) in [5, 5.41) is 18.4. The second kappa shape index (κ2) is 16.3. The number of rotatable bonds is 16. The molecule has 0 fully saturated rings. The molecule has 12 heteroatoms. The van der Waals surface area contributed by atoms with Gasteiger partial charge in [-0.1, -0.05) is 74.0 Å². The molecule has 1 aliphatic carbocycles. The minimum Gasteiger partial charge on any atom is -0.480 e. The number of hydrogen-bond donors (Lipinski definition) is 6. The van der Waals surface area contributed by atoms with Gasteiger partial charge in [0.05, 0.1) is 23.3 Å². The van der Waals surface area contributed by atoms with Gasteiger partial charge in [0.15, 0.2) is 0 Å². The monoisotopic (exact) mass is 704 g/mol. The fraction of sp³-hybridized carbons (Fsp3) is 0.300. The van der Waals surface area contributed by atoms with E-state index in [1.807, 2.05) is 60.7 Å². The summed E-state index contributed by atoms with van der Waals surface area (Å²) in [6.07, 6.45) is 2.45. The number of carbonyl (C=O) groups excluding carboxylic acids is 2. The molecule has 52 heavy (non-hydrogen) atoms. The van der Waals surface area contributed by atoms with Gasteiger partial charge in [0, 0.05) is 30.3 Å². The number of aromatic amines is 1. The van der Waals surface area contributed by atoms with Crippen molar-refractivity contribution >= 4 is 40.4 Å². The van der Waals surface area contributed by atoms with Crippen LogP contribution >= 0.6 is 0 Å². The number of anilines is 2. The molecule has 0 spiro atoms. The van der Waals surface area contributed by atoms with E-state index in [0.717, 1.165) is 52.9 Å². The van der Waals surface area contributed by atoms with Crippen LogP contribution in [0.15, 0.2) is 89.7 Å². The molecule has 0 saturated carbocycles. The van der Waals surface area contributed by atoms with Crippen LogP contribution in [0, 0.1) is 0 Å². The van der Waals surface area contributed by atoms with Gasteiger partial charge < -0.3 is 36.5 Å². The van der Waals surface area contributed by atoms with Gasteiger partial charge in [0.25, 0.3) is 5.91 Å². The summed E-state index contributed by atoms with van der Waals surface area (Å²) >= 11 is 0. The number of aromatic nitrogens is 2. The lowest BCUT2D eigenvalue weighted by Crippen LogP contribution is -2.41. The largest absolute Gasteiger partial charge is 0.480 e. The number of nitrogens with two attached hydrogens (primary N) is 1. The summed E-state index contributed by atoms with van der Waals surface area (Å²) < 4.78 is 7.14. The summed E-state index contributed by atoms with van der Waals surface area (Å²) in [5.74, 6) is -1.55.